The van der Waals surface area contributed by atoms with Gasteiger partial charge in [0.1, 0.15) is 5.82 Å². The molecule has 2 aromatic rings. The van der Waals surface area contributed by atoms with Gasteiger partial charge in [0, 0.05) is 25.3 Å². The van der Waals surface area contributed by atoms with E-state index in [4.69, 9.17) is 0 Å². The van der Waals surface area contributed by atoms with Crippen LogP contribution in [-0.2, 0) is 21.4 Å². The van der Waals surface area contributed by atoms with Crippen LogP contribution in [0.2, 0.25) is 0 Å². The average molecular weight is 466 g/mol. The molecule has 0 N–H and O–H groups in total. The van der Waals surface area contributed by atoms with E-state index >= 15 is 0 Å². The van der Waals surface area contributed by atoms with Crippen LogP contribution in [0.5, 0.6) is 0 Å². The lowest BCUT2D eigenvalue weighted by Gasteiger charge is -2.30. The van der Waals surface area contributed by atoms with Gasteiger partial charge in [-0.3, -0.25) is 9.10 Å². The van der Waals surface area contributed by atoms with Gasteiger partial charge in [-0.1, -0.05) is 19.1 Å². The van der Waals surface area contributed by atoms with E-state index in [9.17, 15) is 17.6 Å². The highest BCUT2D eigenvalue weighted by atomic mass is 32.2. The van der Waals surface area contributed by atoms with Crippen LogP contribution >= 0.6 is 11.8 Å². The van der Waals surface area contributed by atoms with Gasteiger partial charge in [0.2, 0.25) is 15.9 Å². The van der Waals surface area contributed by atoms with Gasteiger partial charge in [0.25, 0.3) is 0 Å². The Bertz CT molecular complexity index is 974. The Labute approximate surface area is 187 Å². The van der Waals surface area contributed by atoms with Crippen LogP contribution in [0.4, 0.5) is 10.1 Å². The molecule has 1 amide bonds. The molecule has 0 aliphatic carbocycles. The van der Waals surface area contributed by atoms with Crippen LogP contribution in [0, 0.1) is 5.82 Å². The summed E-state index contributed by atoms with van der Waals surface area (Å²) in [7, 11) is -3.53. The number of hydrogen-bond donors (Lipinski definition) is 0. The third kappa shape index (κ3) is 6.43. The minimum absolute atomic E-state index is 0.0272. The first-order valence-electron chi connectivity index (χ1n) is 10.4. The highest BCUT2D eigenvalue weighted by molar-refractivity contribution is 7.99. The molecule has 0 radical (unpaired) electrons. The number of nitrogens with zero attached hydrogens (tertiary/aromatic N) is 3. The fourth-order valence-corrected chi connectivity index (χ4v) is 6.08. The van der Waals surface area contributed by atoms with Crippen molar-refractivity contribution in [1.82, 2.24) is 9.88 Å². The Kier molecular flexibility index (Phi) is 7.94. The Morgan fingerprint density at radius 2 is 1.87 bits per heavy atom. The van der Waals surface area contributed by atoms with Crippen molar-refractivity contribution < 1.29 is 17.6 Å². The molecule has 1 saturated heterocycles. The first-order chi connectivity index (χ1) is 14.8. The van der Waals surface area contributed by atoms with Gasteiger partial charge in [0.05, 0.1) is 29.2 Å². The van der Waals surface area contributed by atoms with Crippen molar-refractivity contribution in [3.63, 3.8) is 0 Å². The van der Waals surface area contributed by atoms with Crippen molar-refractivity contribution in [3.8, 4) is 0 Å². The van der Waals surface area contributed by atoms with E-state index in [2.05, 4.69) is 4.98 Å². The smallest absolute Gasteiger partial charge is 0.235 e. The number of benzene rings is 1. The number of halogens is 1. The predicted molar refractivity (Wildman–Crippen MR) is 122 cm³/mol. The summed E-state index contributed by atoms with van der Waals surface area (Å²) in [4.78, 5) is 17.8. The molecule has 31 heavy (non-hydrogen) atoms. The second kappa shape index (κ2) is 10.5. The molecule has 0 bridgehead atoms. The third-order valence-electron chi connectivity index (χ3n) is 5.22. The molecule has 0 spiro atoms. The zero-order valence-corrected chi connectivity index (χ0v) is 19.5. The van der Waals surface area contributed by atoms with E-state index in [1.807, 2.05) is 17.9 Å². The van der Waals surface area contributed by atoms with E-state index in [0.29, 0.717) is 22.9 Å². The Morgan fingerprint density at radius 1 is 1.19 bits per heavy atom. The molecular formula is C22H28FN3O3S2. The van der Waals surface area contributed by atoms with Crippen molar-refractivity contribution in [3.05, 3.63) is 54.0 Å². The molecule has 9 heteroatoms. The third-order valence-corrected chi connectivity index (χ3v) is 8.44. The molecule has 6 nitrogen and oxygen atoms in total. The molecule has 3 rings (SSSR count). The van der Waals surface area contributed by atoms with E-state index in [-0.39, 0.29) is 24.0 Å². The van der Waals surface area contributed by atoms with Gasteiger partial charge in [-0.25, -0.2) is 17.8 Å². The topological polar surface area (TPSA) is 70.6 Å². The molecule has 0 unspecified atom stereocenters. The van der Waals surface area contributed by atoms with Crippen molar-refractivity contribution in [2.24, 2.45) is 0 Å². The maximum absolute atomic E-state index is 13.2. The average Bonchev–Trinajstić information content (AvgIpc) is 2.74. The largest absolute Gasteiger partial charge is 0.343 e. The van der Waals surface area contributed by atoms with Gasteiger partial charge in [0.15, 0.2) is 0 Å². The number of hydrogen-bond acceptors (Lipinski definition) is 5. The van der Waals surface area contributed by atoms with Gasteiger partial charge in [-0.2, -0.15) is 0 Å². The molecule has 0 saturated carbocycles. The lowest BCUT2D eigenvalue weighted by molar-refractivity contribution is -0.129. The molecule has 1 aliphatic heterocycles. The molecule has 2 heterocycles. The Morgan fingerprint density at radius 3 is 2.42 bits per heavy atom. The van der Waals surface area contributed by atoms with E-state index in [1.54, 1.807) is 43.1 Å². The molecule has 1 aromatic carbocycles. The highest BCUT2D eigenvalue weighted by Gasteiger charge is 2.24. The van der Waals surface area contributed by atoms with Gasteiger partial charge in [-0.15, -0.1) is 11.8 Å². The first kappa shape index (κ1) is 23.5. The normalized spacial score (nSPS) is 15.1. The number of pyridine rings is 1. The molecule has 1 aliphatic rings. The molecular weight excluding hydrogens is 437 g/mol. The number of aromatic nitrogens is 1. The van der Waals surface area contributed by atoms with Gasteiger partial charge < -0.3 is 4.90 Å². The number of anilines is 1. The maximum Gasteiger partial charge on any atom is 0.235 e. The number of carbonyl (C=O) groups excluding carboxylic acids is 1. The van der Waals surface area contributed by atoms with Gasteiger partial charge >= 0.3 is 0 Å². The zero-order valence-electron chi connectivity index (χ0n) is 17.8. The predicted octanol–water partition coefficient (Wildman–Crippen LogP) is 4.07. The quantitative estimate of drug-likeness (QED) is 0.588. The second-order valence-electron chi connectivity index (χ2n) is 7.63. The maximum atomic E-state index is 13.2. The van der Waals surface area contributed by atoms with Crippen molar-refractivity contribution in [1.29, 1.82) is 0 Å². The van der Waals surface area contributed by atoms with E-state index in [1.165, 1.54) is 16.4 Å². The molecule has 1 aromatic heterocycles. The zero-order chi connectivity index (χ0) is 22.4. The summed E-state index contributed by atoms with van der Waals surface area (Å²) >= 11 is 1.66. The summed E-state index contributed by atoms with van der Waals surface area (Å²) in [6, 6.07) is 9.46. The Balaban J connectivity index is 1.72. The minimum Gasteiger partial charge on any atom is -0.343 e. The van der Waals surface area contributed by atoms with E-state index in [0.717, 1.165) is 31.0 Å². The summed E-state index contributed by atoms with van der Waals surface area (Å²) in [5.74, 6) is -0.219. The number of carbonyl (C=O) groups is 1. The lowest BCUT2D eigenvalue weighted by atomic mass is 10.1. The van der Waals surface area contributed by atoms with Gasteiger partial charge in [-0.05, 0) is 49.1 Å². The standard InChI is InChI=1S/C22H28FN3O3S2/c1-3-14-31(28,29)26(16-18-4-6-19(23)7-5-18)20-8-9-22(24-15-20)30-21-10-12-25(13-11-21)17(2)27/h4-9,15,21H,3,10-14,16H2,1-2H3. The van der Waals surface area contributed by atoms with Crippen LogP contribution in [0.25, 0.3) is 0 Å². The summed E-state index contributed by atoms with van der Waals surface area (Å²) in [6.45, 7) is 5.05. The summed E-state index contributed by atoms with van der Waals surface area (Å²) in [5, 5.41) is 1.22. The monoisotopic (exact) mass is 465 g/mol. The fraction of sp³-hybridized carbons (Fsp3) is 0.455. The number of piperidine rings is 1. The summed E-state index contributed by atoms with van der Waals surface area (Å²) < 4.78 is 40.3. The molecule has 168 valence electrons. The van der Waals surface area contributed by atoms with Crippen molar-refractivity contribution >= 4 is 33.4 Å². The van der Waals surface area contributed by atoms with Crippen LogP contribution < -0.4 is 4.31 Å². The van der Waals surface area contributed by atoms with E-state index < -0.39 is 10.0 Å². The van der Waals surface area contributed by atoms with Crippen LogP contribution in [0.3, 0.4) is 0 Å². The van der Waals surface area contributed by atoms with Crippen LogP contribution in [-0.4, -0.2) is 48.3 Å². The highest BCUT2D eigenvalue weighted by Crippen LogP contribution is 2.31. The first-order valence-corrected chi connectivity index (χ1v) is 12.9. The number of rotatable bonds is 8. The molecule has 1 fully saturated rings. The number of amides is 1. The minimum atomic E-state index is -3.53. The van der Waals surface area contributed by atoms with Crippen molar-refractivity contribution in [2.75, 3.05) is 23.1 Å². The second-order valence-corrected chi connectivity index (χ2v) is 11.0. The summed E-state index contributed by atoms with van der Waals surface area (Å²) in [6.07, 6.45) is 3.91. The van der Waals surface area contributed by atoms with Crippen LogP contribution in [0.1, 0.15) is 38.7 Å². The Hall–Kier alpha value is -2.13. The summed E-state index contributed by atoms with van der Waals surface area (Å²) in [5.41, 5.74) is 1.20. The van der Waals surface area contributed by atoms with Crippen LogP contribution in [0.15, 0.2) is 47.6 Å². The SMILES string of the molecule is CCCS(=O)(=O)N(Cc1ccc(F)cc1)c1ccc(SC2CCN(C(C)=O)CC2)nc1. The van der Waals surface area contributed by atoms with Crippen molar-refractivity contribution in [2.45, 2.75) is 49.9 Å². The lowest BCUT2D eigenvalue weighted by Crippen LogP contribution is -2.37. The fourth-order valence-electron chi connectivity index (χ4n) is 3.52. The number of sulfonamides is 1. The number of thioether (sulfide) groups is 1. The molecule has 0 atom stereocenters. The number of likely N-dealkylation sites (tertiary alicyclic amines) is 1.